The van der Waals surface area contributed by atoms with Crippen molar-refractivity contribution in [2.45, 2.75) is 89.0 Å². The van der Waals surface area contributed by atoms with Crippen LogP contribution in [0, 0.1) is 17.7 Å². The highest BCUT2D eigenvalue weighted by Gasteiger charge is 2.38. The van der Waals surface area contributed by atoms with Crippen LogP contribution in [0.1, 0.15) is 99.8 Å². The van der Waals surface area contributed by atoms with Gasteiger partial charge in [0.15, 0.2) is 5.82 Å². The zero-order chi connectivity index (χ0) is 30.2. The summed E-state index contributed by atoms with van der Waals surface area (Å²) in [5.74, 6) is -2.36. The molecule has 1 saturated carbocycles. The molecule has 7 nitrogen and oxygen atoms in total. The third kappa shape index (κ3) is 6.61. The number of benzene rings is 1. The standard InChI is InChI=1S/C32H39F3N4O3S/c1-20-24-7-5-8-27(29(24)33)32(34,35)12-9-22-16-21(17-22)6-3-2-4-13-42-31-25(23-10-14-43(40,41)15-11-23)18-26-28(38-31)19-36-39-30(26)37-20/h5,7-8,18-23H,2-4,6,9-17H2,1H3,(H,37,39)/t20-,21?,22?/m1/s1. The van der Waals surface area contributed by atoms with E-state index in [0.717, 1.165) is 44.1 Å². The van der Waals surface area contributed by atoms with Gasteiger partial charge in [-0.1, -0.05) is 37.5 Å². The van der Waals surface area contributed by atoms with Gasteiger partial charge >= 0.3 is 0 Å². The highest BCUT2D eigenvalue weighted by Crippen LogP contribution is 2.45. The Bertz CT molecular complexity index is 1570. The molecule has 5 aliphatic heterocycles. The number of nitrogens with zero attached hydrogens (tertiary/aromatic N) is 3. The largest absolute Gasteiger partial charge is 0.477 e. The average Bonchev–Trinajstić information content (AvgIpc) is 2.94. The maximum atomic E-state index is 15.7. The third-order valence-electron chi connectivity index (χ3n) is 9.57. The summed E-state index contributed by atoms with van der Waals surface area (Å²) in [7, 11) is -3.07. The number of hydrogen-bond donors (Lipinski definition) is 1. The molecule has 8 bridgehead atoms. The van der Waals surface area contributed by atoms with Crippen molar-refractivity contribution in [3.8, 4) is 5.88 Å². The van der Waals surface area contributed by atoms with Gasteiger partial charge in [0.05, 0.1) is 41.4 Å². The number of aromatic nitrogens is 3. The highest BCUT2D eigenvalue weighted by atomic mass is 32.2. The smallest absolute Gasteiger partial charge is 0.276 e. The number of sulfone groups is 1. The third-order valence-corrected chi connectivity index (χ3v) is 11.3. The molecule has 7 heterocycles. The van der Waals surface area contributed by atoms with Gasteiger partial charge in [-0.3, -0.25) is 0 Å². The van der Waals surface area contributed by atoms with Crippen LogP contribution in [-0.2, 0) is 15.8 Å². The molecule has 1 aliphatic carbocycles. The van der Waals surface area contributed by atoms with Crippen molar-refractivity contribution < 1.29 is 26.3 Å². The minimum absolute atomic E-state index is 0.0534. The zero-order valence-corrected chi connectivity index (χ0v) is 25.3. The predicted octanol–water partition coefficient (Wildman–Crippen LogP) is 7.48. The summed E-state index contributed by atoms with van der Waals surface area (Å²) < 4.78 is 76.9. The summed E-state index contributed by atoms with van der Waals surface area (Å²) in [5.41, 5.74) is 0.891. The predicted molar refractivity (Wildman–Crippen MR) is 160 cm³/mol. The molecule has 2 aromatic heterocycles. The quantitative estimate of drug-likeness (QED) is 0.303. The lowest BCUT2D eigenvalue weighted by Gasteiger charge is -2.36. The number of pyridine rings is 1. The lowest BCUT2D eigenvalue weighted by atomic mass is 9.70. The summed E-state index contributed by atoms with van der Waals surface area (Å²) in [6.45, 7) is 2.20. The topological polar surface area (TPSA) is 94.1 Å². The first-order valence-corrected chi connectivity index (χ1v) is 17.3. The van der Waals surface area contributed by atoms with Crippen molar-refractivity contribution in [1.82, 2.24) is 15.2 Å². The highest BCUT2D eigenvalue weighted by molar-refractivity contribution is 7.91. The second-order valence-electron chi connectivity index (χ2n) is 12.7. The summed E-state index contributed by atoms with van der Waals surface area (Å²) in [6.07, 6.45) is 8.40. The number of hydrogen-bond acceptors (Lipinski definition) is 7. The summed E-state index contributed by atoms with van der Waals surface area (Å²) in [6, 6.07) is 5.41. The second kappa shape index (κ2) is 12.2. The fraction of sp³-hybridized carbons (Fsp3) is 0.594. The van der Waals surface area contributed by atoms with Crippen molar-refractivity contribution in [3.05, 3.63) is 53.0 Å². The first-order chi connectivity index (χ1) is 20.6. The maximum absolute atomic E-state index is 15.7. The van der Waals surface area contributed by atoms with Crippen molar-refractivity contribution in [2.24, 2.45) is 11.8 Å². The molecule has 11 heteroatoms. The number of halogens is 3. The lowest BCUT2D eigenvalue weighted by Crippen LogP contribution is -2.26. The average molecular weight is 617 g/mol. The van der Waals surface area contributed by atoms with Crippen LogP contribution < -0.4 is 10.1 Å². The fourth-order valence-electron chi connectivity index (χ4n) is 6.92. The van der Waals surface area contributed by atoms with Gasteiger partial charge in [0, 0.05) is 22.9 Å². The van der Waals surface area contributed by atoms with Crippen LogP contribution in [0.3, 0.4) is 0 Å². The van der Waals surface area contributed by atoms with Gasteiger partial charge in [-0.2, -0.15) is 5.10 Å². The Labute approximate surface area is 250 Å². The number of nitrogens with one attached hydrogen (secondary N) is 1. The molecule has 0 spiro atoms. The van der Waals surface area contributed by atoms with Gasteiger partial charge in [0.25, 0.3) is 5.92 Å². The van der Waals surface area contributed by atoms with Crippen LogP contribution in [0.4, 0.5) is 19.0 Å². The molecule has 1 saturated heterocycles. The van der Waals surface area contributed by atoms with Gasteiger partial charge < -0.3 is 10.1 Å². The van der Waals surface area contributed by atoms with Crippen molar-refractivity contribution in [2.75, 3.05) is 23.4 Å². The Kier molecular flexibility index (Phi) is 8.54. The van der Waals surface area contributed by atoms with E-state index in [0.29, 0.717) is 54.4 Å². The van der Waals surface area contributed by atoms with E-state index >= 15 is 13.2 Å². The van der Waals surface area contributed by atoms with Crippen LogP contribution in [-0.4, -0.2) is 41.7 Å². The summed E-state index contributed by atoms with van der Waals surface area (Å²) in [5, 5.41) is 12.2. The van der Waals surface area contributed by atoms with Gasteiger partial charge in [0.1, 0.15) is 15.7 Å². The van der Waals surface area contributed by atoms with Gasteiger partial charge in [0.2, 0.25) is 5.88 Å². The van der Waals surface area contributed by atoms with Gasteiger partial charge in [-0.05, 0) is 69.3 Å². The Balaban J connectivity index is 1.36. The number of rotatable bonds is 1. The molecule has 232 valence electrons. The normalized spacial score (nSPS) is 26.5. The molecule has 1 N–H and O–H groups in total. The summed E-state index contributed by atoms with van der Waals surface area (Å²) in [4.78, 5) is 4.79. The Morgan fingerprint density at radius 2 is 1.77 bits per heavy atom. The van der Waals surface area contributed by atoms with Crippen molar-refractivity contribution >= 4 is 26.6 Å². The van der Waals surface area contributed by atoms with E-state index in [9.17, 15) is 8.42 Å². The number of anilines is 1. The molecule has 3 aromatic rings. The summed E-state index contributed by atoms with van der Waals surface area (Å²) >= 11 is 0. The van der Waals surface area contributed by atoms with Crippen LogP contribution in [0.15, 0.2) is 30.5 Å². The van der Waals surface area contributed by atoms with E-state index in [-0.39, 0.29) is 35.3 Å². The lowest BCUT2D eigenvalue weighted by molar-refractivity contribution is -0.0288. The van der Waals surface area contributed by atoms with Crippen LogP contribution in [0.2, 0.25) is 0 Å². The van der Waals surface area contributed by atoms with Crippen molar-refractivity contribution in [3.63, 3.8) is 0 Å². The Hall–Kier alpha value is -2.95. The SMILES string of the molecule is C[C@H]1Nc2nncc3nc(c(C4CCS(=O)(=O)CC4)cc23)OCCCCCC2CC(CCC(F)(F)c3cccc1c3F)C2. The first-order valence-electron chi connectivity index (χ1n) is 15.5. The molecule has 0 radical (unpaired) electrons. The van der Waals surface area contributed by atoms with Crippen LogP contribution in [0.5, 0.6) is 5.88 Å². The van der Waals surface area contributed by atoms with E-state index in [1.54, 1.807) is 6.92 Å². The van der Waals surface area contributed by atoms with Crippen LogP contribution >= 0.6 is 0 Å². The molecular weight excluding hydrogens is 577 g/mol. The second-order valence-corrected chi connectivity index (χ2v) is 15.0. The molecule has 0 unspecified atom stereocenters. The van der Waals surface area contributed by atoms with Gasteiger partial charge in [-0.25, -0.2) is 26.6 Å². The maximum Gasteiger partial charge on any atom is 0.276 e. The molecule has 0 amide bonds. The molecular formula is C32H39F3N4O3S. The fourth-order valence-corrected chi connectivity index (χ4v) is 8.41. The monoisotopic (exact) mass is 616 g/mol. The van der Waals surface area contributed by atoms with E-state index in [4.69, 9.17) is 9.72 Å². The minimum Gasteiger partial charge on any atom is -0.477 e. The van der Waals surface area contributed by atoms with E-state index in [2.05, 4.69) is 15.5 Å². The van der Waals surface area contributed by atoms with Crippen LogP contribution in [0.25, 0.3) is 10.9 Å². The Morgan fingerprint density at radius 3 is 2.56 bits per heavy atom. The van der Waals surface area contributed by atoms with Crippen molar-refractivity contribution in [1.29, 1.82) is 0 Å². The molecule has 1 atom stereocenters. The number of alkyl halides is 2. The zero-order valence-electron chi connectivity index (χ0n) is 24.5. The van der Waals surface area contributed by atoms with E-state index in [1.807, 2.05) is 6.07 Å². The molecule has 6 aliphatic rings. The van der Waals surface area contributed by atoms with E-state index < -0.39 is 33.2 Å². The minimum atomic E-state index is -3.26. The first kappa shape index (κ1) is 30.1. The number of ether oxygens (including phenoxy) is 1. The van der Waals surface area contributed by atoms with Gasteiger partial charge in [-0.15, -0.1) is 5.10 Å². The molecule has 2 fully saturated rings. The van der Waals surface area contributed by atoms with E-state index in [1.165, 1.54) is 24.4 Å². The molecule has 1 aromatic carbocycles. The Morgan fingerprint density at radius 1 is 1.00 bits per heavy atom. The molecule has 9 rings (SSSR count). The molecule has 43 heavy (non-hydrogen) atoms.